The summed E-state index contributed by atoms with van der Waals surface area (Å²) in [6.07, 6.45) is 0. The average Bonchev–Trinajstić information content (AvgIpc) is 2.84. The Labute approximate surface area is 131 Å². The molecule has 22 heavy (non-hydrogen) atoms. The van der Waals surface area contributed by atoms with E-state index in [1.54, 1.807) is 6.92 Å². The number of hydrogen-bond donors (Lipinski definition) is 1. The Hall–Kier alpha value is -2.32. The summed E-state index contributed by atoms with van der Waals surface area (Å²) in [6.45, 7) is 2.30. The third-order valence-corrected chi connectivity index (χ3v) is 3.71. The molecule has 1 heterocycles. The molecule has 0 unspecified atom stereocenters. The van der Waals surface area contributed by atoms with Crippen molar-refractivity contribution in [1.29, 1.82) is 0 Å². The summed E-state index contributed by atoms with van der Waals surface area (Å²) in [6, 6.07) is 4.28. The van der Waals surface area contributed by atoms with Crippen molar-refractivity contribution in [1.82, 2.24) is 9.88 Å². The molecule has 0 saturated carbocycles. The number of anilines is 1. The van der Waals surface area contributed by atoms with Crippen LogP contribution in [0, 0.1) is 17.0 Å². The lowest BCUT2D eigenvalue weighted by atomic mass is 10.1. The van der Waals surface area contributed by atoms with Gasteiger partial charge in [-0.1, -0.05) is 0 Å². The molecule has 2 aromatic rings. The molecule has 0 saturated heterocycles. The predicted octanol–water partition coefficient (Wildman–Crippen LogP) is 2.67. The van der Waals surface area contributed by atoms with Crippen molar-refractivity contribution in [3.8, 4) is 0 Å². The van der Waals surface area contributed by atoms with Crippen LogP contribution in [0.1, 0.15) is 21.6 Å². The highest BCUT2D eigenvalue weighted by molar-refractivity contribution is 7.13. The van der Waals surface area contributed by atoms with E-state index < -0.39 is 4.92 Å². The zero-order chi connectivity index (χ0) is 16.3. The third-order valence-electron chi connectivity index (χ3n) is 2.91. The minimum atomic E-state index is -0.467. The Kier molecular flexibility index (Phi) is 4.84. The van der Waals surface area contributed by atoms with Crippen molar-refractivity contribution >= 4 is 28.1 Å². The van der Waals surface area contributed by atoms with E-state index in [0.29, 0.717) is 22.8 Å². The number of aromatic nitrogens is 1. The van der Waals surface area contributed by atoms with Crippen LogP contribution in [-0.4, -0.2) is 34.8 Å². The number of nitrogens with one attached hydrogen (secondary N) is 1. The number of rotatable bonds is 5. The molecule has 1 aromatic heterocycles. The van der Waals surface area contributed by atoms with Crippen LogP contribution in [0.3, 0.4) is 0 Å². The van der Waals surface area contributed by atoms with Crippen LogP contribution in [0.2, 0.25) is 0 Å². The van der Waals surface area contributed by atoms with Crippen molar-refractivity contribution in [3.05, 3.63) is 50.5 Å². The number of thiazole rings is 1. The number of carbonyl (C=O) groups excluding carboxylic acids is 1. The van der Waals surface area contributed by atoms with E-state index in [-0.39, 0.29) is 11.6 Å². The molecule has 1 amide bonds. The molecule has 0 aliphatic carbocycles. The Morgan fingerprint density at radius 1 is 1.45 bits per heavy atom. The van der Waals surface area contributed by atoms with E-state index in [1.807, 2.05) is 24.4 Å². The predicted molar refractivity (Wildman–Crippen MR) is 85.3 cm³/mol. The largest absolute Gasteiger partial charge is 0.304 e. The number of benzene rings is 1. The van der Waals surface area contributed by atoms with Gasteiger partial charge in [0.15, 0.2) is 5.13 Å². The van der Waals surface area contributed by atoms with Crippen LogP contribution >= 0.6 is 11.3 Å². The van der Waals surface area contributed by atoms with Crippen molar-refractivity contribution in [2.45, 2.75) is 13.5 Å². The van der Waals surface area contributed by atoms with E-state index in [4.69, 9.17) is 0 Å². The van der Waals surface area contributed by atoms with E-state index >= 15 is 0 Å². The number of amides is 1. The topological polar surface area (TPSA) is 88.4 Å². The van der Waals surface area contributed by atoms with Gasteiger partial charge >= 0.3 is 0 Å². The normalized spacial score (nSPS) is 10.7. The highest BCUT2D eigenvalue weighted by Crippen LogP contribution is 2.21. The van der Waals surface area contributed by atoms with Crippen LogP contribution in [0.4, 0.5) is 10.8 Å². The minimum Gasteiger partial charge on any atom is -0.304 e. The summed E-state index contributed by atoms with van der Waals surface area (Å²) >= 11 is 1.35. The number of aryl methyl sites for hydroxylation is 1. The molecule has 1 aromatic carbocycles. The molecule has 116 valence electrons. The SMILES string of the molecule is Cc1cc(C(=O)Nc2nc(CN(C)C)cs2)ccc1[N+](=O)[O-]. The van der Waals surface area contributed by atoms with Gasteiger partial charge in [0.2, 0.25) is 0 Å². The molecule has 0 aliphatic heterocycles. The van der Waals surface area contributed by atoms with Crippen molar-refractivity contribution in [3.63, 3.8) is 0 Å². The second-order valence-corrected chi connectivity index (χ2v) is 5.95. The Morgan fingerprint density at radius 3 is 2.77 bits per heavy atom. The summed E-state index contributed by atoms with van der Waals surface area (Å²) in [5.41, 5.74) is 1.70. The molecule has 1 N–H and O–H groups in total. The van der Waals surface area contributed by atoms with Crippen molar-refractivity contribution < 1.29 is 9.72 Å². The number of nitro benzene ring substituents is 1. The van der Waals surface area contributed by atoms with Crippen LogP contribution in [-0.2, 0) is 6.54 Å². The zero-order valence-electron chi connectivity index (χ0n) is 12.5. The van der Waals surface area contributed by atoms with Gasteiger partial charge in [-0.15, -0.1) is 11.3 Å². The van der Waals surface area contributed by atoms with Crippen LogP contribution in [0.15, 0.2) is 23.6 Å². The lowest BCUT2D eigenvalue weighted by molar-refractivity contribution is -0.385. The molecule has 7 nitrogen and oxygen atoms in total. The van der Waals surface area contributed by atoms with Crippen molar-refractivity contribution in [2.75, 3.05) is 19.4 Å². The second kappa shape index (κ2) is 6.63. The molecule has 8 heteroatoms. The molecular weight excluding hydrogens is 304 g/mol. The highest BCUT2D eigenvalue weighted by atomic mass is 32.1. The van der Waals surface area contributed by atoms with E-state index in [0.717, 1.165) is 5.69 Å². The summed E-state index contributed by atoms with van der Waals surface area (Å²) in [5, 5.41) is 15.9. The maximum Gasteiger partial charge on any atom is 0.272 e. The number of nitro groups is 1. The summed E-state index contributed by atoms with van der Waals surface area (Å²) in [7, 11) is 3.88. The van der Waals surface area contributed by atoms with Gasteiger partial charge in [-0.25, -0.2) is 4.98 Å². The monoisotopic (exact) mass is 320 g/mol. The first-order chi connectivity index (χ1) is 10.4. The maximum atomic E-state index is 12.2. The maximum absolute atomic E-state index is 12.2. The standard InChI is InChI=1S/C14H16N4O3S/c1-9-6-10(4-5-12(9)18(20)21)13(19)16-14-15-11(8-22-14)7-17(2)3/h4-6,8H,7H2,1-3H3,(H,15,16,19). The van der Waals surface area contributed by atoms with Gasteiger partial charge in [0.05, 0.1) is 10.6 Å². The molecule has 0 spiro atoms. The summed E-state index contributed by atoms with van der Waals surface area (Å²) < 4.78 is 0. The van der Waals surface area contributed by atoms with Crippen LogP contribution in [0.25, 0.3) is 0 Å². The summed E-state index contributed by atoms with van der Waals surface area (Å²) in [4.78, 5) is 28.8. The van der Waals surface area contributed by atoms with Crippen molar-refractivity contribution in [2.24, 2.45) is 0 Å². The number of nitrogens with zero attached hydrogens (tertiary/aromatic N) is 3. The highest BCUT2D eigenvalue weighted by Gasteiger charge is 2.15. The van der Waals surface area contributed by atoms with E-state index in [1.165, 1.54) is 29.5 Å². The minimum absolute atomic E-state index is 0.000863. The molecule has 0 radical (unpaired) electrons. The Morgan fingerprint density at radius 2 is 2.18 bits per heavy atom. The van der Waals surface area contributed by atoms with Crippen LogP contribution in [0.5, 0.6) is 0 Å². The van der Waals surface area contributed by atoms with E-state index in [9.17, 15) is 14.9 Å². The molecule has 0 atom stereocenters. The number of carbonyl (C=O) groups is 1. The smallest absolute Gasteiger partial charge is 0.272 e. The van der Waals surface area contributed by atoms with Gasteiger partial charge in [0.25, 0.3) is 11.6 Å². The summed E-state index contributed by atoms with van der Waals surface area (Å²) in [5.74, 6) is -0.330. The lowest BCUT2D eigenvalue weighted by Crippen LogP contribution is -2.13. The fourth-order valence-electron chi connectivity index (χ4n) is 1.93. The molecular formula is C14H16N4O3S. The van der Waals surface area contributed by atoms with Gasteiger partial charge in [-0.3, -0.25) is 20.2 Å². The van der Waals surface area contributed by atoms with Gasteiger partial charge in [0.1, 0.15) is 0 Å². The molecule has 0 aliphatic rings. The Bertz CT molecular complexity index is 712. The molecule has 0 fully saturated rings. The quantitative estimate of drug-likeness (QED) is 0.676. The van der Waals surface area contributed by atoms with Gasteiger partial charge in [-0.05, 0) is 33.2 Å². The first-order valence-electron chi connectivity index (χ1n) is 6.52. The van der Waals surface area contributed by atoms with Gasteiger partial charge in [-0.2, -0.15) is 0 Å². The Balaban J connectivity index is 2.10. The molecule has 0 bridgehead atoms. The van der Waals surface area contributed by atoms with Gasteiger partial charge in [0, 0.05) is 29.1 Å². The van der Waals surface area contributed by atoms with Crippen LogP contribution < -0.4 is 5.32 Å². The number of hydrogen-bond acceptors (Lipinski definition) is 6. The first kappa shape index (κ1) is 16.1. The zero-order valence-corrected chi connectivity index (χ0v) is 13.3. The first-order valence-corrected chi connectivity index (χ1v) is 7.40. The third kappa shape index (κ3) is 3.86. The fourth-order valence-corrected chi connectivity index (χ4v) is 2.63. The fraction of sp³-hybridized carbons (Fsp3) is 0.286. The lowest BCUT2D eigenvalue weighted by Gasteiger charge is -2.06. The van der Waals surface area contributed by atoms with E-state index in [2.05, 4.69) is 10.3 Å². The second-order valence-electron chi connectivity index (χ2n) is 5.09. The average molecular weight is 320 g/mol. The van der Waals surface area contributed by atoms with Gasteiger partial charge < -0.3 is 4.90 Å². The molecule has 2 rings (SSSR count).